The van der Waals surface area contributed by atoms with E-state index in [4.69, 9.17) is 4.74 Å². The summed E-state index contributed by atoms with van der Waals surface area (Å²) in [5, 5.41) is 9.93. The van der Waals surface area contributed by atoms with Crippen LogP contribution in [-0.2, 0) is 4.74 Å². The number of rotatable bonds is 5. The van der Waals surface area contributed by atoms with E-state index in [9.17, 15) is 5.11 Å². The maximum absolute atomic E-state index is 9.93. The highest BCUT2D eigenvalue weighted by atomic mass is 16.6. The topological polar surface area (TPSA) is 32.8 Å². The van der Waals surface area contributed by atoms with Gasteiger partial charge in [-0.15, -0.1) is 0 Å². The second-order valence-corrected chi connectivity index (χ2v) is 6.08. The molecule has 0 amide bonds. The molecule has 0 spiro atoms. The molecule has 1 aliphatic carbocycles. The van der Waals surface area contributed by atoms with E-state index in [1.54, 1.807) is 0 Å². The summed E-state index contributed by atoms with van der Waals surface area (Å²) in [5.41, 5.74) is 0. The van der Waals surface area contributed by atoms with E-state index in [-0.39, 0.29) is 12.2 Å². The molecule has 0 aromatic heterocycles. The van der Waals surface area contributed by atoms with Gasteiger partial charge < -0.3 is 9.84 Å². The predicted octanol–water partition coefficient (Wildman–Crippen LogP) is 3.13. The lowest BCUT2D eigenvalue weighted by atomic mass is 9.85. The molecule has 1 heterocycles. The highest BCUT2D eigenvalue weighted by molar-refractivity contribution is 4.92. The van der Waals surface area contributed by atoms with Gasteiger partial charge in [0.1, 0.15) is 6.10 Å². The maximum Gasteiger partial charge on any atom is 0.110 e. The third kappa shape index (κ3) is 3.46. The molecule has 0 aromatic carbocycles. The Hall–Kier alpha value is -0.0800. The lowest BCUT2D eigenvalue weighted by Gasteiger charge is -2.20. The Morgan fingerprint density at radius 2 is 1.88 bits per heavy atom. The van der Waals surface area contributed by atoms with Gasteiger partial charge in [-0.25, -0.2) is 0 Å². The fourth-order valence-electron chi connectivity index (χ4n) is 3.05. The van der Waals surface area contributed by atoms with Crippen molar-refractivity contribution in [3.05, 3.63) is 0 Å². The summed E-state index contributed by atoms with van der Waals surface area (Å²) < 4.78 is 5.63. The molecule has 0 radical (unpaired) electrons. The average molecular weight is 226 g/mol. The Bertz CT molecular complexity index is 209. The predicted molar refractivity (Wildman–Crippen MR) is 65.3 cm³/mol. The van der Waals surface area contributed by atoms with E-state index in [2.05, 4.69) is 13.8 Å². The molecule has 2 fully saturated rings. The first kappa shape index (κ1) is 12.4. The SMILES string of the molecule is CC(C)C[C@H](O)[C@H]1O[C@@H]1CC1CCCCC1. The van der Waals surface area contributed by atoms with E-state index < -0.39 is 0 Å². The summed E-state index contributed by atoms with van der Waals surface area (Å²) >= 11 is 0. The quantitative estimate of drug-likeness (QED) is 0.731. The smallest absolute Gasteiger partial charge is 0.110 e. The van der Waals surface area contributed by atoms with Crippen LogP contribution in [0.5, 0.6) is 0 Å². The van der Waals surface area contributed by atoms with E-state index in [0.717, 1.165) is 12.3 Å². The van der Waals surface area contributed by atoms with Crippen molar-refractivity contribution < 1.29 is 9.84 Å². The molecular formula is C14H26O2. The Morgan fingerprint density at radius 1 is 1.19 bits per heavy atom. The summed E-state index contributed by atoms with van der Waals surface area (Å²) in [6, 6.07) is 0. The molecule has 1 N–H and O–H groups in total. The Balaban J connectivity index is 1.66. The van der Waals surface area contributed by atoms with Crippen molar-refractivity contribution in [3.63, 3.8) is 0 Å². The number of hydrogen-bond donors (Lipinski definition) is 1. The van der Waals surface area contributed by atoms with Crippen molar-refractivity contribution in [2.24, 2.45) is 11.8 Å². The number of epoxide rings is 1. The van der Waals surface area contributed by atoms with Crippen LogP contribution < -0.4 is 0 Å². The van der Waals surface area contributed by atoms with Crippen LogP contribution in [0.3, 0.4) is 0 Å². The largest absolute Gasteiger partial charge is 0.390 e. The molecule has 0 bridgehead atoms. The van der Waals surface area contributed by atoms with Gasteiger partial charge in [0, 0.05) is 0 Å². The Morgan fingerprint density at radius 3 is 2.50 bits per heavy atom. The van der Waals surface area contributed by atoms with Crippen LogP contribution >= 0.6 is 0 Å². The van der Waals surface area contributed by atoms with Crippen molar-refractivity contribution in [1.29, 1.82) is 0 Å². The second kappa shape index (κ2) is 5.50. The fourth-order valence-corrected chi connectivity index (χ4v) is 3.05. The molecule has 1 aliphatic heterocycles. The number of aliphatic hydroxyl groups is 1. The Labute approximate surface area is 99.4 Å². The van der Waals surface area contributed by atoms with Gasteiger partial charge in [-0.2, -0.15) is 0 Å². The Kier molecular flexibility index (Phi) is 4.26. The maximum atomic E-state index is 9.93. The minimum Gasteiger partial charge on any atom is -0.390 e. The summed E-state index contributed by atoms with van der Waals surface area (Å²) in [6.07, 6.45) is 9.36. The minimum atomic E-state index is -0.228. The summed E-state index contributed by atoms with van der Waals surface area (Å²) in [7, 11) is 0. The lowest BCUT2D eigenvalue weighted by Crippen LogP contribution is -2.20. The summed E-state index contributed by atoms with van der Waals surface area (Å²) in [6.45, 7) is 4.31. The third-order valence-electron chi connectivity index (χ3n) is 4.00. The summed E-state index contributed by atoms with van der Waals surface area (Å²) in [4.78, 5) is 0. The highest BCUT2D eigenvalue weighted by Gasteiger charge is 2.45. The van der Waals surface area contributed by atoms with Crippen LogP contribution in [0.2, 0.25) is 0 Å². The second-order valence-electron chi connectivity index (χ2n) is 6.08. The van der Waals surface area contributed by atoms with Crippen molar-refractivity contribution in [2.75, 3.05) is 0 Å². The van der Waals surface area contributed by atoms with Gasteiger partial charge >= 0.3 is 0 Å². The van der Waals surface area contributed by atoms with Crippen molar-refractivity contribution >= 4 is 0 Å². The van der Waals surface area contributed by atoms with Gasteiger partial charge in [-0.05, 0) is 24.7 Å². The molecule has 1 saturated heterocycles. The van der Waals surface area contributed by atoms with Crippen LogP contribution in [0.1, 0.15) is 58.8 Å². The van der Waals surface area contributed by atoms with Gasteiger partial charge in [0.25, 0.3) is 0 Å². The molecule has 94 valence electrons. The molecule has 1 saturated carbocycles. The number of aliphatic hydroxyl groups excluding tert-OH is 1. The molecule has 16 heavy (non-hydrogen) atoms. The van der Waals surface area contributed by atoms with E-state index in [1.807, 2.05) is 0 Å². The van der Waals surface area contributed by atoms with Crippen LogP contribution in [0, 0.1) is 11.8 Å². The van der Waals surface area contributed by atoms with Crippen LogP contribution in [-0.4, -0.2) is 23.4 Å². The molecule has 2 nitrogen and oxygen atoms in total. The normalized spacial score (nSPS) is 33.0. The first-order valence-corrected chi connectivity index (χ1v) is 7.00. The van der Waals surface area contributed by atoms with E-state index in [0.29, 0.717) is 12.0 Å². The van der Waals surface area contributed by atoms with Gasteiger partial charge in [0.05, 0.1) is 12.2 Å². The molecule has 2 heteroatoms. The number of hydrogen-bond acceptors (Lipinski definition) is 2. The highest BCUT2D eigenvalue weighted by Crippen LogP contribution is 2.37. The standard InChI is InChI=1S/C14H26O2/c1-10(2)8-12(15)14-13(16-14)9-11-6-4-3-5-7-11/h10-15H,3-9H2,1-2H3/t12-,13+,14+/m0/s1. The first-order valence-electron chi connectivity index (χ1n) is 7.00. The van der Waals surface area contributed by atoms with Gasteiger partial charge in [-0.3, -0.25) is 0 Å². The van der Waals surface area contributed by atoms with Crippen molar-refractivity contribution in [2.45, 2.75) is 77.1 Å². The molecule has 2 rings (SSSR count). The number of ether oxygens (including phenoxy) is 1. The molecule has 3 atom stereocenters. The molecule has 0 unspecified atom stereocenters. The van der Waals surface area contributed by atoms with Crippen LogP contribution in [0.25, 0.3) is 0 Å². The molecule has 2 aliphatic rings. The fraction of sp³-hybridized carbons (Fsp3) is 1.00. The lowest BCUT2D eigenvalue weighted by molar-refractivity contribution is 0.113. The van der Waals surface area contributed by atoms with Gasteiger partial charge in [0.15, 0.2) is 0 Å². The van der Waals surface area contributed by atoms with Gasteiger partial charge in [0.2, 0.25) is 0 Å². The zero-order chi connectivity index (χ0) is 11.5. The molecule has 0 aromatic rings. The third-order valence-corrected chi connectivity index (χ3v) is 4.00. The minimum absolute atomic E-state index is 0.157. The van der Waals surface area contributed by atoms with Crippen LogP contribution in [0.15, 0.2) is 0 Å². The first-order chi connectivity index (χ1) is 7.66. The monoisotopic (exact) mass is 226 g/mol. The zero-order valence-corrected chi connectivity index (χ0v) is 10.7. The average Bonchev–Trinajstić information content (AvgIpc) is 2.98. The molecular weight excluding hydrogens is 200 g/mol. The van der Waals surface area contributed by atoms with Crippen molar-refractivity contribution in [3.8, 4) is 0 Å². The van der Waals surface area contributed by atoms with Crippen molar-refractivity contribution in [1.82, 2.24) is 0 Å². The van der Waals surface area contributed by atoms with Gasteiger partial charge in [-0.1, -0.05) is 46.0 Å². The van der Waals surface area contributed by atoms with E-state index >= 15 is 0 Å². The summed E-state index contributed by atoms with van der Waals surface area (Å²) in [5.74, 6) is 1.43. The zero-order valence-electron chi connectivity index (χ0n) is 10.7. The van der Waals surface area contributed by atoms with E-state index in [1.165, 1.54) is 38.5 Å². The van der Waals surface area contributed by atoms with Crippen LogP contribution in [0.4, 0.5) is 0 Å².